The summed E-state index contributed by atoms with van der Waals surface area (Å²) in [5, 5.41) is 2.19. The molecular weight excluding hydrogens is 398 g/mol. The van der Waals surface area contributed by atoms with Gasteiger partial charge in [-0.15, -0.1) is 11.3 Å². The SMILES string of the molecule is CCCCOc1ccc(C2CCC(C3CCC(c4cccs4)CC3)CC2)c(F)c1F. The molecule has 1 heterocycles. The van der Waals surface area contributed by atoms with Crippen LogP contribution in [0.15, 0.2) is 29.6 Å². The van der Waals surface area contributed by atoms with Crippen LogP contribution in [0.5, 0.6) is 5.75 Å². The second-order valence-corrected chi connectivity index (χ2v) is 10.2. The van der Waals surface area contributed by atoms with Crippen LogP contribution < -0.4 is 4.74 Å². The average Bonchev–Trinajstić information content (AvgIpc) is 3.32. The fraction of sp³-hybridized carbons (Fsp3) is 0.615. The second kappa shape index (κ2) is 10.3. The molecule has 4 rings (SSSR count). The van der Waals surface area contributed by atoms with Gasteiger partial charge in [-0.2, -0.15) is 4.39 Å². The third-order valence-electron chi connectivity index (χ3n) is 7.43. The van der Waals surface area contributed by atoms with Crippen LogP contribution in [0, 0.1) is 23.5 Å². The van der Waals surface area contributed by atoms with Gasteiger partial charge >= 0.3 is 0 Å². The number of hydrogen-bond donors (Lipinski definition) is 0. The van der Waals surface area contributed by atoms with E-state index in [0.717, 1.165) is 56.3 Å². The molecule has 1 nitrogen and oxygen atoms in total. The van der Waals surface area contributed by atoms with E-state index in [1.54, 1.807) is 17.0 Å². The molecule has 0 unspecified atom stereocenters. The van der Waals surface area contributed by atoms with Crippen LogP contribution >= 0.6 is 11.3 Å². The molecule has 0 amide bonds. The van der Waals surface area contributed by atoms with E-state index in [0.29, 0.717) is 12.2 Å². The zero-order valence-electron chi connectivity index (χ0n) is 18.0. The Morgan fingerprint density at radius 3 is 2.13 bits per heavy atom. The van der Waals surface area contributed by atoms with Crippen LogP contribution in [0.25, 0.3) is 0 Å². The molecule has 4 heteroatoms. The number of benzene rings is 1. The number of hydrogen-bond acceptors (Lipinski definition) is 2. The Hall–Kier alpha value is -1.42. The van der Waals surface area contributed by atoms with Gasteiger partial charge in [0.1, 0.15) is 0 Å². The molecule has 2 fully saturated rings. The Balaban J connectivity index is 1.30. The monoisotopic (exact) mass is 432 g/mol. The summed E-state index contributed by atoms with van der Waals surface area (Å²) in [6.45, 7) is 2.49. The fourth-order valence-corrected chi connectivity index (χ4v) is 6.50. The molecule has 2 saturated carbocycles. The molecule has 0 spiro atoms. The zero-order valence-corrected chi connectivity index (χ0v) is 18.9. The maximum Gasteiger partial charge on any atom is 0.200 e. The van der Waals surface area contributed by atoms with Gasteiger partial charge in [-0.1, -0.05) is 25.5 Å². The van der Waals surface area contributed by atoms with Crippen LogP contribution in [-0.4, -0.2) is 6.61 Å². The standard InChI is InChI=1S/C26H34F2OS/c1-2-3-16-29-23-15-14-22(25(27)26(23)28)20-10-6-18(7-11-20)19-8-12-21(13-9-19)24-5-4-17-30-24/h4-5,14-15,17-21H,2-3,6-13,16H2,1H3. The number of ether oxygens (including phenoxy) is 1. The van der Waals surface area contributed by atoms with Gasteiger partial charge < -0.3 is 4.74 Å². The van der Waals surface area contributed by atoms with Gasteiger partial charge in [-0.3, -0.25) is 0 Å². The van der Waals surface area contributed by atoms with Crippen molar-refractivity contribution < 1.29 is 13.5 Å². The summed E-state index contributed by atoms with van der Waals surface area (Å²) in [5.74, 6) is 1.03. The Morgan fingerprint density at radius 2 is 1.53 bits per heavy atom. The summed E-state index contributed by atoms with van der Waals surface area (Å²) in [6, 6.07) is 7.84. The summed E-state index contributed by atoms with van der Waals surface area (Å²) >= 11 is 1.90. The van der Waals surface area contributed by atoms with Crippen LogP contribution in [0.4, 0.5) is 8.78 Å². The highest BCUT2D eigenvalue weighted by molar-refractivity contribution is 7.10. The topological polar surface area (TPSA) is 9.23 Å². The van der Waals surface area contributed by atoms with Crippen molar-refractivity contribution >= 4 is 11.3 Å². The van der Waals surface area contributed by atoms with Crippen LogP contribution in [0.3, 0.4) is 0 Å². The average molecular weight is 433 g/mol. The quantitative estimate of drug-likeness (QED) is 0.399. The lowest BCUT2D eigenvalue weighted by atomic mass is 9.68. The Morgan fingerprint density at radius 1 is 0.867 bits per heavy atom. The smallest absolute Gasteiger partial charge is 0.200 e. The zero-order chi connectivity index (χ0) is 20.9. The van der Waals surface area contributed by atoms with Crippen LogP contribution in [0.2, 0.25) is 0 Å². The third kappa shape index (κ3) is 4.90. The van der Waals surface area contributed by atoms with E-state index in [9.17, 15) is 8.78 Å². The van der Waals surface area contributed by atoms with Crippen LogP contribution in [0.1, 0.15) is 93.4 Å². The number of thiophene rings is 1. The van der Waals surface area contributed by atoms with Crippen molar-refractivity contribution in [1.29, 1.82) is 0 Å². The maximum absolute atomic E-state index is 14.7. The van der Waals surface area contributed by atoms with Gasteiger partial charge in [0.15, 0.2) is 11.6 Å². The molecule has 2 aliphatic carbocycles. The molecule has 2 aromatic rings. The molecule has 0 bridgehead atoms. The van der Waals surface area contributed by atoms with Crippen molar-refractivity contribution in [3.05, 3.63) is 51.7 Å². The number of unbranched alkanes of at least 4 members (excludes halogenated alkanes) is 1. The fourth-order valence-electron chi connectivity index (χ4n) is 5.60. The maximum atomic E-state index is 14.7. The minimum absolute atomic E-state index is 0.0564. The number of halogens is 2. The van der Waals surface area contributed by atoms with E-state index in [-0.39, 0.29) is 11.7 Å². The molecule has 30 heavy (non-hydrogen) atoms. The minimum atomic E-state index is -0.808. The summed E-state index contributed by atoms with van der Waals surface area (Å²) in [6.07, 6.45) is 11.3. The predicted octanol–water partition coefficient (Wildman–Crippen LogP) is 8.45. The lowest BCUT2D eigenvalue weighted by Gasteiger charge is -2.38. The molecule has 164 valence electrons. The largest absolute Gasteiger partial charge is 0.490 e. The molecule has 2 aliphatic rings. The molecular formula is C26H34F2OS. The van der Waals surface area contributed by atoms with Crippen molar-refractivity contribution in [2.75, 3.05) is 6.61 Å². The lowest BCUT2D eigenvalue weighted by Crippen LogP contribution is -2.25. The highest BCUT2D eigenvalue weighted by Crippen LogP contribution is 2.46. The highest BCUT2D eigenvalue weighted by atomic mass is 32.1. The van der Waals surface area contributed by atoms with Gasteiger partial charge in [0.05, 0.1) is 6.61 Å². The molecule has 0 N–H and O–H groups in total. The minimum Gasteiger partial charge on any atom is -0.490 e. The molecule has 0 atom stereocenters. The van der Waals surface area contributed by atoms with Gasteiger partial charge in [0, 0.05) is 4.88 Å². The van der Waals surface area contributed by atoms with E-state index >= 15 is 0 Å². The highest BCUT2D eigenvalue weighted by Gasteiger charge is 2.33. The van der Waals surface area contributed by atoms with Gasteiger partial charge in [0.25, 0.3) is 0 Å². The molecule has 1 aromatic carbocycles. The first kappa shape index (κ1) is 21.8. The van der Waals surface area contributed by atoms with Gasteiger partial charge in [-0.25, -0.2) is 4.39 Å². The van der Waals surface area contributed by atoms with E-state index in [1.807, 2.05) is 11.3 Å². The van der Waals surface area contributed by atoms with E-state index in [4.69, 9.17) is 4.74 Å². The Labute approximate surface area is 183 Å². The summed E-state index contributed by atoms with van der Waals surface area (Å²) < 4.78 is 34.6. The van der Waals surface area contributed by atoms with Crippen molar-refractivity contribution in [3.8, 4) is 5.75 Å². The van der Waals surface area contributed by atoms with E-state index in [1.165, 1.54) is 25.7 Å². The molecule has 1 aromatic heterocycles. The Kier molecular flexibility index (Phi) is 7.45. The third-order valence-corrected chi connectivity index (χ3v) is 8.46. The molecule has 0 aliphatic heterocycles. The van der Waals surface area contributed by atoms with E-state index in [2.05, 4.69) is 24.4 Å². The number of rotatable bonds is 7. The first-order valence-electron chi connectivity index (χ1n) is 11.8. The first-order chi connectivity index (χ1) is 14.7. The Bertz CT molecular complexity index is 788. The first-order valence-corrected chi connectivity index (χ1v) is 12.7. The van der Waals surface area contributed by atoms with Crippen molar-refractivity contribution in [3.63, 3.8) is 0 Å². The van der Waals surface area contributed by atoms with Crippen molar-refractivity contribution in [1.82, 2.24) is 0 Å². The van der Waals surface area contributed by atoms with Gasteiger partial charge in [0.2, 0.25) is 5.82 Å². The molecule has 0 saturated heterocycles. The van der Waals surface area contributed by atoms with Crippen molar-refractivity contribution in [2.45, 2.75) is 83.0 Å². The normalized spacial score (nSPS) is 27.2. The van der Waals surface area contributed by atoms with E-state index < -0.39 is 11.6 Å². The lowest BCUT2D eigenvalue weighted by molar-refractivity contribution is 0.176. The van der Waals surface area contributed by atoms with Crippen LogP contribution in [-0.2, 0) is 0 Å². The summed E-state index contributed by atoms with van der Waals surface area (Å²) in [4.78, 5) is 1.55. The van der Waals surface area contributed by atoms with Crippen molar-refractivity contribution in [2.24, 2.45) is 11.8 Å². The predicted molar refractivity (Wildman–Crippen MR) is 120 cm³/mol. The summed E-state index contributed by atoms with van der Waals surface area (Å²) in [5.41, 5.74) is 0.551. The van der Waals surface area contributed by atoms with Gasteiger partial charge in [-0.05, 0) is 105 Å². The second-order valence-electron chi connectivity index (χ2n) is 9.22. The summed E-state index contributed by atoms with van der Waals surface area (Å²) in [7, 11) is 0. The molecule has 0 radical (unpaired) electrons.